The zero-order chi connectivity index (χ0) is 41.5. The lowest BCUT2D eigenvalue weighted by molar-refractivity contribution is -0.140. The number of nitrogens with zero attached hydrogens (tertiary/aromatic N) is 2. The molecule has 3 amide bonds. The van der Waals surface area contributed by atoms with Gasteiger partial charge >= 0.3 is 6.09 Å². The number of pyridine rings is 1. The zero-order valence-electron chi connectivity index (χ0n) is 33.8. The highest BCUT2D eigenvalue weighted by Gasteiger charge is 2.62. The van der Waals surface area contributed by atoms with Crippen LogP contribution in [0.5, 0.6) is 17.4 Å². The van der Waals surface area contributed by atoms with Crippen molar-refractivity contribution in [3.05, 3.63) is 35.4 Å². The summed E-state index contributed by atoms with van der Waals surface area (Å²) in [5.74, 6) is -0.997. The standard InChI is InChI=1S/C41H55ClN4O10S/c1-24(2)54-33-20-32(27-15-16-28(42)35(53-7)34(27)44-33)55-26-19-30-31(47)22-41(37(49)45-57(51,52)40(6)17-18-40)21-25(41)13-11-9-8-10-12-14-29(36(48)46(30)23-26)43-38(50)56-39(3,4)5/h11,13,15-16,20,24-26,29-30H,8-10,12,14,17-19,21-23H2,1-7H3,(H,43,50)(H,45,49)/b13-11-/t25-,26-,29+,30+,41-/m1/s1. The van der Waals surface area contributed by atoms with E-state index in [-0.39, 0.29) is 37.3 Å². The van der Waals surface area contributed by atoms with E-state index in [1.165, 1.54) is 12.0 Å². The van der Waals surface area contributed by atoms with Gasteiger partial charge in [-0.05, 0) is 98.1 Å². The number of amides is 3. The second-order valence-corrected chi connectivity index (χ2v) is 19.9. The molecule has 1 aromatic carbocycles. The number of methoxy groups -OCH3 is 1. The molecule has 2 N–H and O–H groups in total. The van der Waals surface area contributed by atoms with Crippen molar-refractivity contribution in [3.8, 4) is 17.4 Å². The van der Waals surface area contributed by atoms with Crippen molar-refractivity contribution >= 4 is 56.2 Å². The molecule has 3 heterocycles. The fourth-order valence-electron chi connectivity index (χ4n) is 7.70. The normalized spacial score (nSPS) is 27.0. The number of hydrogen-bond acceptors (Lipinski definition) is 11. The minimum Gasteiger partial charge on any atom is -0.493 e. The monoisotopic (exact) mass is 830 g/mol. The largest absolute Gasteiger partial charge is 0.493 e. The van der Waals surface area contributed by atoms with Gasteiger partial charge in [0.1, 0.15) is 29.0 Å². The molecule has 2 aromatic rings. The Hall–Kier alpha value is -4.11. The first-order chi connectivity index (χ1) is 26.8. The van der Waals surface area contributed by atoms with E-state index in [0.29, 0.717) is 65.9 Å². The van der Waals surface area contributed by atoms with E-state index in [2.05, 4.69) is 15.0 Å². The quantitative estimate of drug-likeness (QED) is 0.267. The maximum Gasteiger partial charge on any atom is 0.408 e. The maximum atomic E-state index is 14.6. The number of ether oxygens (including phenoxy) is 4. The van der Waals surface area contributed by atoms with Crippen LogP contribution in [-0.2, 0) is 29.1 Å². The van der Waals surface area contributed by atoms with Crippen LogP contribution in [0.3, 0.4) is 0 Å². The molecule has 312 valence electrons. The number of aromatic nitrogens is 1. The Morgan fingerprint density at radius 2 is 1.84 bits per heavy atom. The Balaban J connectivity index is 1.36. The summed E-state index contributed by atoms with van der Waals surface area (Å²) in [6.07, 6.45) is 6.33. The molecule has 57 heavy (non-hydrogen) atoms. The van der Waals surface area contributed by atoms with Gasteiger partial charge in [-0.15, -0.1) is 0 Å². The van der Waals surface area contributed by atoms with E-state index in [0.717, 1.165) is 12.8 Å². The van der Waals surface area contributed by atoms with Crippen LogP contribution in [-0.4, -0.2) is 90.3 Å². The lowest BCUT2D eigenvalue weighted by atomic mass is 9.91. The molecule has 4 aliphatic rings. The Morgan fingerprint density at radius 3 is 2.51 bits per heavy atom. The zero-order valence-corrected chi connectivity index (χ0v) is 35.4. The minimum absolute atomic E-state index is 0.0219. The van der Waals surface area contributed by atoms with Crippen LogP contribution in [0, 0.1) is 11.3 Å². The van der Waals surface area contributed by atoms with E-state index in [9.17, 15) is 27.6 Å². The summed E-state index contributed by atoms with van der Waals surface area (Å²) in [5.41, 5.74) is -1.72. The summed E-state index contributed by atoms with van der Waals surface area (Å²) in [5, 5.41) is 3.66. The average molecular weight is 831 g/mol. The highest BCUT2D eigenvalue weighted by atomic mass is 35.5. The summed E-state index contributed by atoms with van der Waals surface area (Å²) in [6, 6.07) is 2.99. The van der Waals surface area contributed by atoms with Gasteiger partial charge in [-0.25, -0.2) is 18.2 Å². The molecule has 2 aliphatic carbocycles. The topological polar surface area (TPSA) is 180 Å². The van der Waals surface area contributed by atoms with Crippen LogP contribution < -0.4 is 24.2 Å². The number of benzene rings is 1. The Kier molecular flexibility index (Phi) is 12.1. The third-order valence-electron chi connectivity index (χ3n) is 11.2. The molecule has 5 atom stereocenters. The molecule has 1 saturated heterocycles. The molecule has 0 spiro atoms. The highest BCUT2D eigenvalue weighted by Crippen LogP contribution is 2.57. The first-order valence-electron chi connectivity index (χ1n) is 19.8. The van der Waals surface area contributed by atoms with Crippen molar-refractivity contribution in [2.24, 2.45) is 11.3 Å². The molecule has 3 fully saturated rings. The molecule has 0 unspecified atom stereocenters. The summed E-state index contributed by atoms with van der Waals surface area (Å²) in [7, 11) is -2.49. The number of halogens is 1. The van der Waals surface area contributed by atoms with Gasteiger partial charge in [-0.1, -0.05) is 36.6 Å². The maximum absolute atomic E-state index is 14.6. The molecule has 14 nitrogen and oxygen atoms in total. The minimum atomic E-state index is -3.97. The number of sulfonamides is 1. The molecular formula is C41H55ClN4O10S. The van der Waals surface area contributed by atoms with Crippen LogP contribution in [0.2, 0.25) is 5.02 Å². The lowest BCUT2D eigenvalue weighted by Gasteiger charge is -2.30. The van der Waals surface area contributed by atoms with Crippen LogP contribution in [0.1, 0.15) is 106 Å². The molecule has 2 aliphatic heterocycles. The number of carbonyl (C=O) groups is 4. The number of alkyl carbamates (subject to hydrolysis) is 1. The van der Waals surface area contributed by atoms with Gasteiger partial charge < -0.3 is 29.2 Å². The second kappa shape index (κ2) is 16.3. The van der Waals surface area contributed by atoms with Crippen LogP contribution in [0.4, 0.5) is 4.79 Å². The average Bonchev–Trinajstić information content (AvgIpc) is 3.99. The number of Topliss-reactive ketones (excluding diaryl/α,β-unsaturated/α-hetero) is 1. The number of ketones is 1. The molecular weight excluding hydrogens is 776 g/mol. The smallest absolute Gasteiger partial charge is 0.408 e. The van der Waals surface area contributed by atoms with Crippen molar-refractivity contribution < 1.29 is 46.5 Å². The SMILES string of the molecule is COc1c(Cl)ccc2c(O[C@@H]3C[C@H]4C(=O)C[C@]5(C(=O)NS(=O)(=O)C6(C)CC6)C[C@H]5/C=C\CCCCC[C@H](NC(=O)OC(C)(C)C)C(=O)N4C3)cc(OC(C)C)nc12. The number of rotatable bonds is 9. The van der Waals surface area contributed by atoms with E-state index < -0.39 is 67.7 Å². The van der Waals surface area contributed by atoms with E-state index >= 15 is 0 Å². The van der Waals surface area contributed by atoms with Crippen molar-refractivity contribution in [2.75, 3.05) is 13.7 Å². The lowest BCUT2D eigenvalue weighted by Crippen LogP contribution is -2.53. The third-order valence-corrected chi connectivity index (χ3v) is 13.7. The Bertz CT molecular complexity index is 2050. The first kappa shape index (κ1) is 42.5. The van der Waals surface area contributed by atoms with E-state index in [1.807, 2.05) is 26.0 Å². The number of fused-ring (bicyclic) bond motifs is 3. The summed E-state index contributed by atoms with van der Waals surface area (Å²) < 4.78 is 51.5. The predicted octanol–water partition coefficient (Wildman–Crippen LogP) is 6.41. The Labute approximate surface area is 339 Å². The molecule has 16 heteroatoms. The molecule has 2 saturated carbocycles. The van der Waals surface area contributed by atoms with Crippen LogP contribution >= 0.6 is 11.6 Å². The van der Waals surface area contributed by atoms with Gasteiger partial charge in [0.2, 0.25) is 27.7 Å². The predicted molar refractivity (Wildman–Crippen MR) is 214 cm³/mol. The highest BCUT2D eigenvalue weighted by molar-refractivity contribution is 7.91. The number of allylic oxidation sites excluding steroid dienone is 2. The molecule has 0 bridgehead atoms. The molecule has 6 rings (SSSR count). The summed E-state index contributed by atoms with van der Waals surface area (Å²) in [4.78, 5) is 62.4. The van der Waals surface area contributed by atoms with Crippen molar-refractivity contribution in [2.45, 2.75) is 140 Å². The van der Waals surface area contributed by atoms with Crippen molar-refractivity contribution in [1.82, 2.24) is 19.9 Å². The van der Waals surface area contributed by atoms with Crippen LogP contribution in [0.25, 0.3) is 10.9 Å². The third kappa shape index (κ3) is 9.45. The van der Waals surface area contributed by atoms with Crippen molar-refractivity contribution in [3.63, 3.8) is 0 Å². The van der Waals surface area contributed by atoms with Gasteiger partial charge in [0, 0.05) is 24.3 Å². The Morgan fingerprint density at radius 1 is 1.11 bits per heavy atom. The number of carbonyl (C=O) groups excluding carboxylic acids is 4. The first-order valence-corrected chi connectivity index (χ1v) is 21.7. The van der Waals surface area contributed by atoms with E-state index in [4.69, 9.17) is 30.5 Å². The van der Waals surface area contributed by atoms with Gasteiger partial charge in [0.15, 0.2) is 11.5 Å². The van der Waals surface area contributed by atoms with Gasteiger partial charge in [0.05, 0.1) is 41.0 Å². The van der Waals surface area contributed by atoms with Crippen LogP contribution in [0.15, 0.2) is 30.4 Å². The fraction of sp³-hybridized carbons (Fsp3) is 0.634. The molecule has 0 radical (unpaired) electrons. The number of nitrogens with one attached hydrogen (secondary N) is 2. The summed E-state index contributed by atoms with van der Waals surface area (Å²) in [6.45, 7) is 10.5. The van der Waals surface area contributed by atoms with Crippen molar-refractivity contribution in [1.29, 1.82) is 0 Å². The van der Waals surface area contributed by atoms with Gasteiger partial charge in [0.25, 0.3) is 0 Å². The van der Waals surface area contributed by atoms with Gasteiger partial charge in [-0.3, -0.25) is 19.1 Å². The number of hydrogen-bond donors (Lipinski definition) is 2. The van der Waals surface area contributed by atoms with Gasteiger partial charge in [-0.2, -0.15) is 0 Å². The second-order valence-electron chi connectivity index (χ2n) is 17.3. The summed E-state index contributed by atoms with van der Waals surface area (Å²) >= 11 is 6.47. The fourth-order valence-corrected chi connectivity index (χ4v) is 9.26. The molecule has 1 aromatic heterocycles. The van der Waals surface area contributed by atoms with E-state index in [1.54, 1.807) is 45.9 Å².